The number of H-pyrrole nitrogens is 1. The van der Waals surface area contributed by atoms with E-state index < -0.39 is 11.9 Å². The second-order valence-electron chi connectivity index (χ2n) is 7.31. The maximum Gasteiger partial charge on any atom is 0.165 e. The largest absolute Gasteiger partial charge is 0.488 e. The van der Waals surface area contributed by atoms with Crippen LogP contribution in [0.5, 0.6) is 5.75 Å². The van der Waals surface area contributed by atoms with Crippen molar-refractivity contribution < 1.29 is 14.2 Å². The third-order valence-corrected chi connectivity index (χ3v) is 5.19. The number of fused-ring (bicyclic) bond motifs is 1. The number of rotatable bonds is 9. The monoisotopic (exact) mass is 404 g/mol. The summed E-state index contributed by atoms with van der Waals surface area (Å²) >= 11 is 0. The fourth-order valence-corrected chi connectivity index (χ4v) is 3.68. The first kappa shape index (κ1) is 20.1. The molecule has 1 heterocycles. The smallest absolute Gasteiger partial charge is 0.165 e. The van der Waals surface area contributed by atoms with E-state index in [9.17, 15) is 9.50 Å². The van der Waals surface area contributed by atoms with Crippen molar-refractivity contribution in [2.45, 2.75) is 12.0 Å². The molecular weight excluding hydrogens is 379 g/mol. The number of ether oxygens (including phenoxy) is 1. The molecule has 5 heteroatoms. The Morgan fingerprint density at radius 1 is 0.900 bits per heavy atom. The Kier molecular flexibility index (Phi) is 6.42. The summed E-state index contributed by atoms with van der Waals surface area (Å²) in [5.74, 6) is -0.152. The minimum Gasteiger partial charge on any atom is -0.488 e. The molecule has 3 aromatic carbocycles. The van der Waals surface area contributed by atoms with Gasteiger partial charge >= 0.3 is 0 Å². The Morgan fingerprint density at radius 2 is 1.63 bits per heavy atom. The second-order valence-corrected chi connectivity index (χ2v) is 7.31. The van der Waals surface area contributed by atoms with Gasteiger partial charge in [0, 0.05) is 36.1 Å². The Morgan fingerprint density at radius 3 is 2.47 bits per heavy atom. The van der Waals surface area contributed by atoms with E-state index in [0.29, 0.717) is 13.1 Å². The first-order valence-electron chi connectivity index (χ1n) is 10.1. The Balaban J connectivity index is 1.41. The summed E-state index contributed by atoms with van der Waals surface area (Å²) in [5.41, 5.74) is 3.51. The van der Waals surface area contributed by atoms with Crippen LogP contribution in [0.4, 0.5) is 4.39 Å². The second kappa shape index (κ2) is 9.57. The highest BCUT2D eigenvalue weighted by atomic mass is 19.1. The van der Waals surface area contributed by atoms with Gasteiger partial charge in [0.25, 0.3) is 0 Å². The van der Waals surface area contributed by atoms with Crippen molar-refractivity contribution in [1.29, 1.82) is 0 Å². The van der Waals surface area contributed by atoms with Crippen molar-refractivity contribution in [3.63, 3.8) is 0 Å². The lowest BCUT2D eigenvalue weighted by Crippen LogP contribution is -2.34. The topological polar surface area (TPSA) is 57.3 Å². The van der Waals surface area contributed by atoms with E-state index in [4.69, 9.17) is 4.74 Å². The summed E-state index contributed by atoms with van der Waals surface area (Å²) in [7, 11) is 0. The lowest BCUT2D eigenvalue weighted by Gasteiger charge is -2.20. The fraction of sp³-hybridized carbons (Fsp3) is 0.200. The van der Waals surface area contributed by atoms with E-state index in [2.05, 4.69) is 40.8 Å². The van der Waals surface area contributed by atoms with Crippen molar-refractivity contribution in [1.82, 2.24) is 10.3 Å². The number of aliphatic hydroxyl groups is 1. The van der Waals surface area contributed by atoms with Crippen LogP contribution in [0.3, 0.4) is 0 Å². The van der Waals surface area contributed by atoms with E-state index >= 15 is 0 Å². The molecular formula is C25H25FN2O2. The van der Waals surface area contributed by atoms with Gasteiger partial charge in [-0.15, -0.1) is 0 Å². The molecule has 154 valence electrons. The molecule has 0 bridgehead atoms. The van der Waals surface area contributed by atoms with Gasteiger partial charge in [-0.1, -0.05) is 60.7 Å². The highest BCUT2D eigenvalue weighted by Gasteiger charge is 2.18. The van der Waals surface area contributed by atoms with Gasteiger partial charge in [-0.05, 0) is 29.3 Å². The van der Waals surface area contributed by atoms with E-state index in [-0.39, 0.29) is 18.3 Å². The summed E-state index contributed by atoms with van der Waals surface area (Å²) in [4.78, 5) is 3.35. The summed E-state index contributed by atoms with van der Waals surface area (Å²) in [6, 6.07) is 24.8. The summed E-state index contributed by atoms with van der Waals surface area (Å²) in [5, 5.41) is 14.8. The van der Waals surface area contributed by atoms with Crippen molar-refractivity contribution in [3.05, 3.63) is 102 Å². The zero-order chi connectivity index (χ0) is 20.8. The van der Waals surface area contributed by atoms with Gasteiger partial charge in [-0.3, -0.25) is 0 Å². The third-order valence-electron chi connectivity index (χ3n) is 5.19. The summed E-state index contributed by atoms with van der Waals surface area (Å²) in [6.45, 7) is 1.03. The third kappa shape index (κ3) is 4.70. The van der Waals surface area contributed by atoms with Crippen LogP contribution in [0.15, 0.2) is 85.1 Å². The molecule has 0 spiro atoms. The highest BCUT2D eigenvalue weighted by Crippen LogP contribution is 2.30. The van der Waals surface area contributed by atoms with Gasteiger partial charge in [0.05, 0.1) is 0 Å². The number of aliphatic hydroxyl groups excluding tert-OH is 1. The predicted octanol–water partition coefficient (Wildman–Crippen LogP) is 4.47. The fourth-order valence-electron chi connectivity index (χ4n) is 3.68. The molecule has 30 heavy (non-hydrogen) atoms. The lowest BCUT2D eigenvalue weighted by molar-refractivity contribution is 0.104. The molecule has 0 unspecified atom stereocenters. The Bertz CT molecular complexity index is 1080. The van der Waals surface area contributed by atoms with Crippen LogP contribution in [0, 0.1) is 5.82 Å². The molecule has 4 aromatic rings. The molecule has 0 aliphatic carbocycles. The van der Waals surface area contributed by atoms with E-state index in [1.807, 2.05) is 30.3 Å². The normalized spacial score (nSPS) is 13.3. The minimum atomic E-state index is -0.746. The maximum absolute atomic E-state index is 13.6. The standard InChI is InChI=1S/C25H25FN2O2/c26-23-11-5-7-13-25(23)30-17-19(29)14-27-15-21(18-8-2-1-3-9-18)22-16-28-24-12-6-4-10-20(22)24/h1-13,16,19,21,27-29H,14-15,17H2/t19-,21-/m1/s1. The molecule has 2 atom stereocenters. The van der Waals surface area contributed by atoms with Crippen LogP contribution in [0.1, 0.15) is 17.0 Å². The van der Waals surface area contributed by atoms with Gasteiger partial charge in [0.15, 0.2) is 11.6 Å². The molecule has 4 rings (SSSR count). The van der Waals surface area contributed by atoms with Gasteiger partial charge in [-0.25, -0.2) is 4.39 Å². The maximum atomic E-state index is 13.6. The number of benzene rings is 3. The SMILES string of the molecule is O[C@H](CNC[C@H](c1ccccc1)c1c[nH]c2ccccc12)COc1ccccc1F. The molecule has 1 aromatic heterocycles. The Hall–Kier alpha value is -3.15. The number of para-hydroxylation sites is 2. The average Bonchev–Trinajstić information content (AvgIpc) is 3.21. The van der Waals surface area contributed by atoms with Crippen LogP contribution in [0.25, 0.3) is 10.9 Å². The van der Waals surface area contributed by atoms with Crippen LogP contribution in [-0.2, 0) is 0 Å². The number of aromatic nitrogens is 1. The number of aromatic amines is 1. The lowest BCUT2D eigenvalue weighted by atomic mass is 9.91. The van der Waals surface area contributed by atoms with Crippen LogP contribution in [-0.4, -0.2) is 35.9 Å². The molecule has 0 aliphatic heterocycles. The first-order valence-corrected chi connectivity index (χ1v) is 10.1. The zero-order valence-corrected chi connectivity index (χ0v) is 16.6. The van der Waals surface area contributed by atoms with E-state index in [1.54, 1.807) is 18.2 Å². The van der Waals surface area contributed by atoms with Crippen LogP contribution in [0.2, 0.25) is 0 Å². The zero-order valence-electron chi connectivity index (χ0n) is 16.6. The van der Waals surface area contributed by atoms with E-state index in [1.165, 1.54) is 22.6 Å². The van der Waals surface area contributed by atoms with Crippen molar-refractivity contribution >= 4 is 10.9 Å². The van der Waals surface area contributed by atoms with Crippen molar-refractivity contribution in [2.75, 3.05) is 19.7 Å². The number of hydrogen-bond acceptors (Lipinski definition) is 3. The molecule has 3 N–H and O–H groups in total. The minimum absolute atomic E-state index is 0.0248. The Labute approximate surface area is 175 Å². The van der Waals surface area contributed by atoms with Crippen molar-refractivity contribution in [3.8, 4) is 5.75 Å². The predicted molar refractivity (Wildman–Crippen MR) is 117 cm³/mol. The molecule has 4 nitrogen and oxygen atoms in total. The van der Waals surface area contributed by atoms with Crippen molar-refractivity contribution in [2.24, 2.45) is 0 Å². The van der Waals surface area contributed by atoms with Gasteiger partial charge in [-0.2, -0.15) is 0 Å². The highest BCUT2D eigenvalue weighted by molar-refractivity contribution is 5.84. The average molecular weight is 404 g/mol. The quantitative estimate of drug-likeness (QED) is 0.386. The van der Waals surface area contributed by atoms with Gasteiger partial charge in [0.2, 0.25) is 0 Å². The summed E-state index contributed by atoms with van der Waals surface area (Å²) < 4.78 is 19.0. The number of halogens is 1. The molecule has 0 amide bonds. The van der Waals surface area contributed by atoms with Crippen LogP contribution >= 0.6 is 0 Å². The molecule has 0 saturated carbocycles. The number of nitrogens with one attached hydrogen (secondary N) is 2. The molecule has 0 fully saturated rings. The van der Waals surface area contributed by atoms with Crippen LogP contribution < -0.4 is 10.1 Å². The van der Waals surface area contributed by atoms with Gasteiger partial charge in [0.1, 0.15) is 12.7 Å². The molecule has 0 saturated heterocycles. The number of hydrogen-bond donors (Lipinski definition) is 3. The summed E-state index contributed by atoms with van der Waals surface area (Å²) in [6.07, 6.45) is 1.31. The molecule has 0 aliphatic rings. The van der Waals surface area contributed by atoms with E-state index in [0.717, 1.165) is 5.52 Å². The van der Waals surface area contributed by atoms with Gasteiger partial charge < -0.3 is 20.1 Å². The molecule has 0 radical (unpaired) electrons. The first-order chi connectivity index (χ1) is 14.7.